The second-order valence-corrected chi connectivity index (χ2v) is 5.05. The van der Waals surface area contributed by atoms with E-state index in [1.165, 1.54) is 6.07 Å². The number of hydrogen-bond acceptors (Lipinski definition) is 4. The van der Waals surface area contributed by atoms with E-state index in [9.17, 15) is 4.79 Å². The molecule has 1 atom stereocenters. The van der Waals surface area contributed by atoms with Crippen LogP contribution in [0.5, 0.6) is 0 Å². The van der Waals surface area contributed by atoms with Gasteiger partial charge in [0, 0.05) is 18.0 Å². The Morgan fingerprint density at radius 1 is 1.24 bits per heavy atom. The number of halogens is 1. The number of rotatable bonds is 3. The highest BCUT2D eigenvalue weighted by molar-refractivity contribution is 6.22. The van der Waals surface area contributed by atoms with Crippen LogP contribution in [0.15, 0.2) is 51.8 Å². The van der Waals surface area contributed by atoms with Crippen LogP contribution >= 0.6 is 11.6 Å². The van der Waals surface area contributed by atoms with Gasteiger partial charge in [0.25, 0.3) is 5.89 Å². The minimum atomic E-state index is -0.544. The average Bonchev–Trinajstić information content (AvgIpc) is 2.97. The molecule has 1 aromatic carbocycles. The van der Waals surface area contributed by atoms with Crippen molar-refractivity contribution in [1.82, 2.24) is 15.2 Å². The molecule has 106 valence electrons. The van der Waals surface area contributed by atoms with Crippen LogP contribution < -0.4 is 5.43 Å². The van der Waals surface area contributed by atoms with E-state index in [-0.39, 0.29) is 17.2 Å². The summed E-state index contributed by atoms with van der Waals surface area (Å²) in [6.07, 6.45) is 1.56. The molecule has 2 aromatic heterocycles. The number of aromatic nitrogens is 3. The first-order valence-corrected chi connectivity index (χ1v) is 6.81. The number of pyridine rings is 1. The van der Waals surface area contributed by atoms with Crippen molar-refractivity contribution in [2.24, 2.45) is 0 Å². The number of H-pyrrole nitrogens is 1. The molecule has 0 bridgehead atoms. The second-order valence-electron chi connectivity index (χ2n) is 4.61. The maximum absolute atomic E-state index is 11.9. The molecule has 1 N–H and O–H groups in total. The van der Waals surface area contributed by atoms with Gasteiger partial charge < -0.3 is 9.40 Å². The molecule has 5 nitrogen and oxygen atoms in total. The first kappa shape index (κ1) is 13.6. The molecule has 0 aliphatic carbocycles. The van der Waals surface area contributed by atoms with Crippen molar-refractivity contribution in [2.45, 2.75) is 12.3 Å². The summed E-state index contributed by atoms with van der Waals surface area (Å²) in [6, 6.07) is 10.9. The fourth-order valence-corrected chi connectivity index (χ4v) is 2.18. The molecule has 3 rings (SSSR count). The van der Waals surface area contributed by atoms with Gasteiger partial charge in [0.2, 0.25) is 5.89 Å². The zero-order valence-corrected chi connectivity index (χ0v) is 12.0. The van der Waals surface area contributed by atoms with E-state index in [0.717, 1.165) is 11.3 Å². The highest BCUT2D eigenvalue weighted by Gasteiger charge is 2.19. The molecule has 0 aliphatic heterocycles. The van der Waals surface area contributed by atoms with Gasteiger partial charge in [-0.1, -0.05) is 30.3 Å². The lowest BCUT2D eigenvalue weighted by atomic mass is 10.1. The fourth-order valence-electron chi connectivity index (χ4n) is 1.95. The van der Waals surface area contributed by atoms with Gasteiger partial charge in [-0.05, 0) is 12.5 Å². The Balaban J connectivity index is 1.95. The topological polar surface area (TPSA) is 71.8 Å². The number of aromatic amines is 1. The van der Waals surface area contributed by atoms with Crippen LogP contribution in [0.1, 0.15) is 22.5 Å². The minimum absolute atomic E-state index is 0.160. The lowest BCUT2D eigenvalue weighted by Gasteiger charge is -2.03. The van der Waals surface area contributed by atoms with Crippen molar-refractivity contribution in [1.29, 1.82) is 0 Å². The summed E-state index contributed by atoms with van der Waals surface area (Å²) >= 11 is 6.32. The summed E-state index contributed by atoms with van der Waals surface area (Å²) in [6.45, 7) is 1.80. The standard InChI is InChI=1S/C15H12ClN3O2/c1-9-7-12(20)11(8-17-9)14-18-19-15(21-14)13(16)10-5-3-2-4-6-10/h2-8,13H,1H3,(H,17,20). The van der Waals surface area contributed by atoms with Crippen LogP contribution in [0.2, 0.25) is 0 Å². The lowest BCUT2D eigenvalue weighted by Crippen LogP contribution is -2.05. The predicted octanol–water partition coefficient (Wildman–Crippen LogP) is 3.06. The summed E-state index contributed by atoms with van der Waals surface area (Å²) in [5.41, 5.74) is 1.78. The normalized spacial score (nSPS) is 12.3. The molecular formula is C15H12ClN3O2. The van der Waals surface area contributed by atoms with E-state index < -0.39 is 5.38 Å². The third-order valence-electron chi connectivity index (χ3n) is 3.04. The minimum Gasteiger partial charge on any atom is -0.418 e. The fraction of sp³-hybridized carbons (Fsp3) is 0.133. The van der Waals surface area contributed by atoms with Gasteiger partial charge >= 0.3 is 0 Å². The lowest BCUT2D eigenvalue weighted by molar-refractivity contribution is 0.512. The van der Waals surface area contributed by atoms with E-state index in [0.29, 0.717) is 5.56 Å². The molecule has 0 radical (unpaired) electrons. The molecule has 2 heterocycles. The van der Waals surface area contributed by atoms with Crippen LogP contribution in [0.25, 0.3) is 11.5 Å². The number of nitrogens with zero attached hydrogens (tertiary/aromatic N) is 2. The average molecular weight is 302 g/mol. The van der Waals surface area contributed by atoms with Gasteiger partial charge in [0.1, 0.15) is 10.9 Å². The van der Waals surface area contributed by atoms with Crippen molar-refractivity contribution >= 4 is 11.6 Å². The summed E-state index contributed by atoms with van der Waals surface area (Å²) in [5.74, 6) is 0.422. The summed E-state index contributed by atoms with van der Waals surface area (Å²) < 4.78 is 5.53. The Morgan fingerprint density at radius 3 is 2.71 bits per heavy atom. The smallest absolute Gasteiger partial charge is 0.253 e. The van der Waals surface area contributed by atoms with Gasteiger partial charge in [-0.15, -0.1) is 21.8 Å². The largest absolute Gasteiger partial charge is 0.418 e. The summed E-state index contributed by atoms with van der Waals surface area (Å²) in [7, 11) is 0. The Labute approximate surface area is 125 Å². The Hall–Kier alpha value is -2.40. The molecule has 0 fully saturated rings. The summed E-state index contributed by atoms with van der Waals surface area (Å²) in [5, 5.41) is 7.29. The second kappa shape index (κ2) is 5.54. The van der Waals surface area contributed by atoms with Gasteiger partial charge in [-0.2, -0.15) is 0 Å². The van der Waals surface area contributed by atoms with Crippen molar-refractivity contribution in [3.8, 4) is 11.5 Å². The molecule has 21 heavy (non-hydrogen) atoms. The maximum Gasteiger partial charge on any atom is 0.253 e. The molecule has 1 unspecified atom stereocenters. The highest BCUT2D eigenvalue weighted by Crippen LogP contribution is 2.28. The van der Waals surface area contributed by atoms with Crippen molar-refractivity contribution < 1.29 is 4.42 Å². The number of alkyl halides is 1. The van der Waals surface area contributed by atoms with E-state index >= 15 is 0 Å². The Bertz CT molecular complexity index is 811. The monoisotopic (exact) mass is 301 g/mol. The highest BCUT2D eigenvalue weighted by atomic mass is 35.5. The van der Waals surface area contributed by atoms with Crippen LogP contribution in [0.3, 0.4) is 0 Å². The van der Waals surface area contributed by atoms with Gasteiger partial charge in [0.05, 0.1) is 0 Å². The SMILES string of the molecule is Cc1cc(=O)c(-c2nnc(C(Cl)c3ccccc3)o2)c[nH]1. The molecule has 0 spiro atoms. The number of benzene rings is 1. The molecule has 0 saturated heterocycles. The van der Waals surface area contributed by atoms with Crippen LogP contribution in [0, 0.1) is 6.92 Å². The van der Waals surface area contributed by atoms with Crippen molar-refractivity contribution in [3.05, 3.63) is 70.0 Å². The van der Waals surface area contributed by atoms with E-state index in [1.807, 2.05) is 30.3 Å². The number of hydrogen-bond donors (Lipinski definition) is 1. The molecular weight excluding hydrogens is 290 g/mol. The number of aryl methyl sites for hydroxylation is 1. The molecule has 0 saturated carbocycles. The molecule has 0 aliphatic rings. The Kier molecular flexibility index (Phi) is 3.58. The van der Waals surface area contributed by atoms with Gasteiger partial charge in [-0.3, -0.25) is 4.79 Å². The number of nitrogens with one attached hydrogen (secondary N) is 1. The Morgan fingerprint density at radius 2 is 2.00 bits per heavy atom. The predicted molar refractivity (Wildman–Crippen MR) is 79.2 cm³/mol. The van der Waals surface area contributed by atoms with Crippen molar-refractivity contribution in [2.75, 3.05) is 0 Å². The summed E-state index contributed by atoms with van der Waals surface area (Å²) in [4.78, 5) is 14.9. The van der Waals surface area contributed by atoms with E-state index in [4.69, 9.17) is 16.0 Å². The molecule has 3 aromatic rings. The van der Waals surface area contributed by atoms with Crippen LogP contribution in [0.4, 0.5) is 0 Å². The van der Waals surface area contributed by atoms with Crippen LogP contribution in [-0.4, -0.2) is 15.2 Å². The van der Waals surface area contributed by atoms with Crippen LogP contribution in [-0.2, 0) is 0 Å². The third kappa shape index (κ3) is 2.73. The first-order chi connectivity index (χ1) is 10.1. The third-order valence-corrected chi connectivity index (χ3v) is 3.48. The van der Waals surface area contributed by atoms with Gasteiger partial charge in [-0.25, -0.2) is 0 Å². The van der Waals surface area contributed by atoms with E-state index in [1.54, 1.807) is 13.1 Å². The first-order valence-electron chi connectivity index (χ1n) is 6.37. The quantitative estimate of drug-likeness (QED) is 0.755. The zero-order valence-electron chi connectivity index (χ0n) is 11.2. The molecule has 0 amide bonds. The zero-order chi connectivity index (χ0) is 14.8. The van der Waals surface area contributed by atoms with E-state index in [2.05, 4.69) is 15.2 Å². The van der Waals surface area contributed by atoms with Crippen molar-refractivity contribution in [3.63, 3.8) is 0 Å². The van der Waals surface area contributed by atoms with Gasteiger partial charge in [0.15, 0.2) is 5.43 Å². The molecule has 6 heteroatoms. The maximum atomic E-state index is 11.9.